The van der Waals surface area contributed by atoms with Gasteiger partial charge in [-0.15, -0.1) is 0 Å². The Balaban J connectivity index is 1.72. The molecular weight excluding hydrogens is 272 g/mol. The summed E-state index contributed by atoms with van der Waals surface area (Å²) in [6, 6.07) is 6.02. The molecule has 1 saturated carbocycles. The van der Waals surface area contributed by atoms with Crippen molar-refractivity contribution < 1.29 is 4.79 Å². The summed E-state index contributed by atoms with van der Waals surface area (Å²) >= 11 is 6.01. The van der Waals surface area contributed by atoms with Crippen LogP contribution in [-0.4, -0.2) is 11.4 Å². The molecule has 1 aromatic rings. The number of carbonyl (C=O) groups excluding carboxylic acids is 1. The predicted molar refractivity (Wildman–Crippen MR) is 80.7 cm³/mol. The molecule has 2 aliphatic rings. The highest BCUT2D eigenvalue weighted by molar-refractivity contribution is 6.30. The zero-order valence-electron chi connectivity index (χ0n) is 11.6. The van der Waals surface area contributed by atoms with E-state index in [2.05, 4.69) is 5.32 Å². The number of amides is 1. The van der Waals surface area contributed by atoms with Crippen molar-refractivity contribution in [3.05, 3.63) is 34.3 Å². The highest BCUT2D eigenvalue weighted by Crippen LogP contribution is 2.34. The molecule has 2 aliphatic carbocycles. The van der Waals surface area contributed by atoms with Gasteiger partial charge < -0.3 is 11.1 Å². The number of hydrogen-bond donors (Lipinski definition) is 2. The van der Waals surface area contributed by atoms with Crippen LogP contribution in [0, 0.1) is 0 Å². The average molecular weight is 293 g/mol. The smallest absolute Gasteiger partial charge is 0.240 e. The maximum absolute atomic E-state index is 12.5. The van der Waals surface area contributed by atoms with Gasteiger partial charge in [-0.1, -0.05) is 36.9 Å². The molecule has 3 nitrogen and oxygen atoms in total. The van der Waals surface area contributed by atoms with Crippen LogP contribution in [-0.2, 0) is 11.2 Å². The third kappa shape index (κ3) is 2.57. The number of fused-ring (bicyclic) bond motifs is 1. The number of aryl methyl sites for hydroxylation is 1. The molecule has 4 heteroatoms. The molecule has 1 unspecified atom stereocenters. The minimum Gasteiger partial charge on any atom is -0.348 e. The van der Waals surface area contributed by atoms with E-state index in [1.54, 1.807) is 0 Å². The summed E-state index contributed by atoms with van der Waals surface area (Å²) in [5.74, 6) is 0.0185. The lowest BCUT2D eigenvalue weighted by atomic mass is 9.81. The number of nitrogens with two attached hydrogens (primary N) is 1. The van der Waals surface area contributed by atoms with Crippen LogP contribution >= 0.6 is 11.6 Å². The van der Waals surface area contributed by atoms with Gasteiger partial charge in [-0.2, -0.15) is 0 Å². The van der Waals surface area contributed by atoms with Crippen LogP contribution < -0.4 is 11.1 Å². The van der Waals surface area contributed by atoms with Gasteiger partial charge >= 0.3 is 0 Å². The first-order valence-electron chi connectivity index (χ1n) is 7.47. The van der Waals surface area contributed by atoms with E-state index in [1.165, 1.54) is 17.5 Å². The molecule has 0 heterocycles. The third-order valence-corrected chi connectivity index (χ3v) is 4.92. The minimum absolute atomic E-state index is 0.0185. The molecule has 108 valence electrons. The van der Waals surface area contributed by atoms with Crippen LogP contribution in [0.2, 0.25) is 5.02 Å². The molecule has 3 rings (SSSR count). The van der Waals surface area contributed by atoms with E-state index in [0.717, 1.165) is 43.5 Å². The average Bonchev–Trinajstić information content (AvgIpc) is 2.82. The van der Waals surface area contributed by atoms with Crippen molar-refractivity contribution in [2.75, 3.05) is 0 Å². The molecular formula is C16H21ClN2O. The van der Waals surface area contributed by atoms with Crippen LogP contribution in [0.15, 0.2) is 18.2 Å². The summed E-state index contributed by atoms with van der Waals surface area (Å²) in [5, 5.41) is 3.92. The lowest BCUT2D eigenvalue weighted by Gasteiger charge is -2.33. The second-order valence-corrected chi connectivity index (χ2v) is 6.56. The van der Waals surface area contributed by atoms with E-state index in [0.29, 0.717) is 0 Å². The normalized spacial score (nSPS) is 24.2. The summed E-state index contributed by atoms with van der Waals surface area (Å²) in [5.41, 5.74) is 8.08. The van der Waals surface area contributed by atoms with Gasteiger partial charge in [0, 0.05) is 5.02 Å². The number of carbonyl (C=O) groups is 1. The van der Waals surface area contributed by atoms with Crippen molar-refractivity contribution in [2.45, 2.75) is 56.5 Å². The molecule has 0 aromatic heterocycles. The van der Waals surface area contributed by atoms with Crippen LogP contribution in [0.4, 0.5) is 0 Å². The first-order chi connectivity index (χ1) is 9.58. The maximum atomic E-state index is 12.5. The molecule has 3 N–H and O–H groups in total. The summed E-state index contributed by atoms with van der Waals surface area (Å²) < 4.78 is 0. The highest BCUT2D eigenvalue weighted by Gasteiger charge is 2.37. The predicted octanol–water partition coefficient (Wildman–Crippen LogP) is 3.11. The zero-order valence-corrected chi connectivity index (χ0v) is 12.4. The van der Waals surface area contributed by atoms with Crippen molar-refractivity contribution >= 4 is 17.5 Å². The van der Waals surface area contributed by atoms with Crippen LogP contribution in [0.1, 0.15) is 55.7 Å². The number of rotatable bonds is 2. The Kier molecular flexibility index (Phi) is 3.74. The van der Waals surface area contributed by atoms with Gasteiger partial charge in [-0.05, 0) is 48.9 Å². The highest BCUT2D eigenvalue weighted by atomic mass is 35.5. The Hall–Kier alpha value is -1.06. The van der Waals surface area contributed by atoms with Crippen LogP contribution in [0.3, 0.4) is 0 Å². The number of benzene rings is 1. The Morgan fingerprint density at radius 2 is 2.05 bits per heavy atom. The van der Waals surface area contributed by atoms with Crippen molar-refractivity contribution in [2.24, 2.45) is 5.73 Å². The van der Waals surface area contributed by atoms with E-state index >= 15 is 0 Å². The first kappa shape index (κ1) is 13.9. The van der Waals surface area contributed by atoms with Gasteiger partial charge in [0.2, 0.25) is 5.91 Å². The molecule has 0 saturated heterocycles. The molecule has 1 fully saturated rings. The SMILES string of the molecule is NC1(C(=O)NC2CCc3cc(Cl)ccc32)CCCCC1. The zero-order chi connectivity index (χ0) is 14.2. The Morgan fingerprint density at radius 3 is 2.80 bits per heavy atom. The standard InChI is InChI=1S/C16H21ClN2O/c17-12-5-6-13-11(10-12)4-7-14(13)19-15(20)16(18)8-2-1-3-9-16/h5-6,10,14H,1-4,7-9,18H2,(H,19,20). The third-order valence-electron chi connectivity index (χ3n) is 4.69. The van der Waals surface area contributed by atoms with E-state index < -0.39 is 5.54 Å². The van der Waals surface area contributed by atoms with Gasteiger partial charge in [0.05, 0.1) is 11.6 Å². The lowest BCUT2D eigenvalue weighted by molar-refractivity contribution is -0.128. The van der Waals surface area contributed by atoms with Crippen LogP contribution in [0.5, 0.6) is 0 Å². The Bertz CT molecular complexity index is 523. The fourth-order valence-electron chi connectivity index (χ4n) is 3.45. The van der Waals surface area contributed by atoms with Crippen molar-refractivity contribution in [1.29, 1.82) is 0 Å². The molecule has 0 radical (unpaired) electrons. The summed E-state index contributed by atoms with van der Waals surface area (Å²) in [4.78, 5) is 12.5. The largest absolute Gasteiger partial charge is 0.348 e. The van der Waals surface area contributed by atoms with Gasteiger partial charge in [0.25, 0.3) is 0 Å². The molecule has 0 bridgehead atoms. The molecule has 1 atom stereocenters. The summed E-state index contributed by atoms with van der Waals surface area (Å²) in [6.07, 6.45) is 6.83. The fourth-order valence-corrected chi connectivity index (χ4v) is 3.64. The summed E-state index contributed by atoms with van der Waals surface area (Å²) in [6.45, 7) is 0. The maximum Gasteiger partial charge on any atom is 0.240 e. The van der Waals surface area contributed by atoms with Crippen LogP contribution in [0.25, 0.3) is 0 Å². The van der Waals surface area contributed by atoms with E-state index in [9.17, 15) is 4.79 Å². The van der Waals surface area contributed by atoms with Crippen molar-refractivity contribution in [3.63, 3.8) is 0 Å². The first-order valence-corrected chi connectivity index (χ1v) is 7.84. The lowest BCUT2D eigenvalue weighted by Crippen LogP contribution is -2.55. The van der Waals surface area contributed by atoms with E-state index in [-0.39, 0.29) is 11.9 Å². The quantitative estimate of drug-likeness (QED) is 0.880. The van der Waals surface area contributed by atoms with Crippen molar-refractivity contribution in [1.82, 2.24) is 5.32 Å². The summed E-state index contributed by atoms with van der Waals surface area (Å²) in [7, 11) is 0. The fraction of sp³-hybridized carbons (Fsp3) is 0.562. The minimum atomic E-state index is -0.659. The molecule has 0 aliphatic heterocycles. The van der Waals surface area contributed by atoms with Gasteiger partial charge in [-0.25, -0.2) is 0 Å². The van der Waals surface area contributed by atoms with E-state index in [4.69, 9.17) is 17.3 Å². The molecule has 1 aromatic carbocycles. The number of hydrogen-bond acceptors (Lipinski definition) is 2. The Morgan fingerprint density at radius 1 is 1.30 bits per heavy atom. The van der Waals surface area contributed by atoms with Crippen molar-refractivity contribution in [3.8, 4) is 0 Å². The Labute approximate surface area is 124 Å². The van der Waals surface area contributed by atoms with E-state index in [1.807, 2.05) is 18.2 Å². The van der Waals surface area contributed by atoms with Gasteiger partial charge in [0.15, 0.2) is 0 Å². The topological polar surface area (TPSA) is 55.1 Å². The molecule has 20 heavy (non-hydrogen) atoms. The second-order valence-electron chi connectivity index (χ2n) is 6.12. The second kappa shape index (κ2) is 5.38. The monoisotopic (exact) mass is 292 g/mol. The number of nitrogens with one attached hydrogen (secondary N) is 1. The molecule has 1 amide bonds. The van der Waals surface area contributed by atoms with Gasteiger partial charge in [0.1, 0.15) is 0 Å². The molecule has 0 spiro atoms. The number of halogens is 1. The van der Waals surface area contributed by atoms with Gasteiger partial charge in [-0.3, -0.25) is 4.79 Å².